The van der Waals surface area contributed by atoms with Gasteiger partial charge in [-0.3, -0.25) is 0 Å². The van der Waals surface area contributed by atoms with Gasteiger partial charge in [0.15, 0.2) is 0 Å². The molecule has 1 saturated heterocycles. The van der Waals surface area contributed by atoms with Crippen molar-refractivity contribution in [2.75, 3.05) is 26.7 Å². The van der Waals surface area contributed by atoms with Gasteiger partial charge in [0.05, 0.1) is 13.2 Å². The van der Waals surface area contributed by atoms with E-state index in [1.54, 1.807) is 7.11 Å². The van der Waals surface area contributed by atoms with Gasteiger partial charge in [-0.2, -0.15) is 0 Å². The van der Waals surface area contributed by atoms with Gasteiger partial charge in [0, 0.05) is 13.1 Å². The van der Waals surface area contributed by atoms with Crippen LogP contribution in [-0.2, 0) is 6.42 Å². The predicted molar refractivity (Wildman–Crippen MR) is 73.0 cm³/mol. The van der Waals surface area contributed by atoms with Crippen molar-refractivity contribution in [3.05, 3.63) is 29.8 Å². The van der Waals surface area contributed by atoms with E-state index in [0.717, 1.165) is 44.6 Å². The second-order valence-corrected chi connectivity index (χ2v) is 5.03. The Hall–Kier alpha value is -1.06. The first-order valence-electron chi connectivity index (χ1n) is 6.81. The molecule has 1 N–H and O–H groups in total. The number of aliphatic hydroxyl groups is 1. The molecule has 18 heavy (non-hydrogen) atoms. The molecule has 2 rings (SSSR count). The lowest BCUT2D eigenvalue weighted by molar-refractivity contribution is 0.0821. The summed E-state index contributed by atoms with van der Waals surface area (Å²) in [5.41, 5.74) is 1.34. The summed E-state index contributed by atoms with van der Waals surface area (Å²) in [5, 5.41) is 9.45. The van der Waals surface area contributed by atoms with Crippen LogP contribution in [0.3, 0.4) is 0 Å². The summed E-state index contributed by atoms with van der Waals surface area (Å²) in [5.74, 6) is 0.939. The maximum Gasteiger partial charge on any atom is 0.119 e. The fourth-order valence-electron chi connectivity index (χ4n) is 2.48. The van der Waals surface area contributed by atoms with E-state index < -0.39 is 0 Å². The second-order valence-electron chi connectivity index (χ2n) is 5.03. The highest BCUT2D eigenvalue weighted by Crippen LogP contribution is 2.15. The Kier molecular flexibility index (Phi) is 5.02. The molecular weight excluding hydrogens is 226 g/mol. The van der Waals surface area contributed by atoms with Crippen LogP contribution < -0.4 is 4.74 Å². The fourth-order valence-corrected chi connectivity index (χ4v) is 2.48. The van der Waals surface area contributed by atoms with Crippen molar-refractivity contribution in [1.29, 1.82) is 0 Å². The minimum absolute atomic E-state index is 0.0698. The standard InChI is InChI=1S/C15H23NO2/c1-18-15-6-2-4-13(12-15)5-3-9-16-10-7-14(17)8-11-16/h2,4,6,12,14,17H,3,5,7-11H2,1H3. The molecule has 0 amide bonds. The third kappa shape index (κ3) is 4.00. The largest absolute Gasteiger partial charge is 0.497 e. The molecule has 1 fully saturated rings. The third-order valence-corrected chi connectivity index (χ3v) is 3.63. The molecule has 0 aliphatic carbocycles. The number of piperidine rings is 1. The van der Waals surface area contributed by atoms with Gasteiger partial charge in [-0.25, -0.2) is 0 Å². The van der Waals surface area contributed by atoms with Crippen molar-refractivity contribution in [3.8, 4) is 5.75 Å². The number of rotatable bonds is 5. The average molecular weight is 249 g/mol. The molecule has 1 aliphatic heterocycles. The number of nitrogens with zero attached hydrogens (tertiary/aromatic N) is 1. The maximum absolute atomic E-state index is 9.45. The molecule has 0 atom stereocenters. The monoisotopic (exact) mass is 249 g/mol. The SMILES string of the molecule is COc1cccc(CCCN2CCC(O)CC2)c1. The van der Waals surface area contributed by atoms with E-state index in [9.17, 15) is 5.11 Å². The van der Waals surface area contributed by atoms with Gasteiger partial charge in [0.25, 0.3) is 0 Å². The van der Waals surface area contributed by atoms with Crippen molar-refractivity contribution in [3.63, 3.8) is 0 Å². The molecule has 0 saturated carbocycles. The second kappa shape index (κ2) is 6.76. The number of aryl methyl sites for hydroxylation is 1. The highest BCUT2D eigenvalue weighted by molar-refractivity contribution is 5.28. The van der Waals surface area contributed by atoms with Crippen LogP contribution in [0, 0.1) is 0 Å². The minimum Gasteiger partial charge on any atom is -0.497 e. The molecule has 0 bridgehead atoms. The van der Waals surface area contributed by atoms with E-state index in [2.05, 4.69) is 17.0 Å². The van der Waals surface area contributed by atoms with Gasteiger partial charge in [0.2, 0.25) is 0 Å². The average Bonchev–Trinajstić information content (AvgIpc) is 2.41. The molecular formula is C15H23NO2. The van der Waals surface area contributed by atoms with Crippen LogP contribution in [0.5, 0.6) is 5.75 Å². The summed E-state index contributed by atoms with van der Waals surface area (Å²) in [7, 11) is 1.71. The zero-order chi connectivity index (χ0) is 12.8. The number of methoxy groups -OCH3 is 1. The van der Waals surface area contributed by atoms with E-state index in [1.807, 2.05) is 12.1 Å². The van der Waals surface area contributed by atoms with E-state index in [1.165, 1.54) is 12.0 Å². The molecule has 3 heteroatoms. The number of benzene rings is 1. The Morgan fingerprint density at radius 2 is 2.11 bits per heavy atom. The van der Waals surface area contributed by atoms with Crippen molar-refractivity contribution >= 4 is 0 Å². The molecule has 1 aliphatic rings. The molecule has 0 radical (unpaired) electrons. The first-order chi connectivity index (χ1) is 8.78. The summed E-state index contributed by atoms with van der Waals surface area (Å²) in [6.45, 7) is 3.21. The van der Waals surface area contributed by atoms with Crippen molar-refractivity contribution < 1.29 is 9.84 Å². The normalized spacial score (nSPS) is 17.9. The number of hydrogen-bond acceptors (Lipinski definition) is 3. The summed E-state index contributed by atoms with van der Waals surface area (Å²) < 4.78 is 5.22. The Morgan fingerprint density at radius 3 is 2.83 bits per heavy atom. The predicted octanol–water partition coefficient (Wildman–Crippen LogP) is 2.08. The Balaban J connectivity index is 1.71. The smallest absolute Gasteiger partial charge is 0.119 e. The Morgan fingerprint density at radius 1 is 1.33 bits per heavy atom. The number of ether oxygens (including phenoxy) is 1. The molecule has 100 valence electrons. The van der Waals surface area contributed by atoms with Crippen LogP contribution in [0.2, 0.25) is 0 Å². The van der Waals surface area contributed by atoms with Gasteiger partial charge < -0.3 is 14.7 Å². The summed E-state index contributed by atoms with van der Waals surface area (Å²) in [6, 6.07) is 8.30. The first kappa shape index (κ1) is 13.4. The highest BCUT2D eigenvalue weighted by Gasteiger charge is 2.15. The zero-order valence-electron chi connectivity index (χ0n) is 11.1. The Bertz CT molecular complexity index is 359. The maximum atomic E-state index is 9.45. The zero-order valence-corrected chi connectivity index (χ0v) is 11.1. The van der Waals surface area contributed by atoms with Gasteiger partial charge in [0.1, 0.15) is 5.75 Å². The van der Waals surface area contributed by atoms with Gasteiger partial charge in [-0.05, 0) is 49.9 Å². The Labute approximate surface area is 109 Å². The van der Waals surface area contributed by atoms with E-state index in [0.29, 0.717) is 0 Å². The van der Waals surface area contributed by atoms with E-state index in [-0.39, 0.29) is 6.10 Å². The quantitative estimate of drug-likeness (QED) is 0.867. The fraction of sp³-hybridized carbons (Fsp3) is 0.600. The molecule has 1 aromatic carbocycles. The highest BCUT2D eigenvalue weighted by atomic mass is 16.5. The number of likely N-dealkylation sites (tertiary alicyclic amines) is 1. The number of aliphatic hydroxyl groups excluding tert-OH is 1. The summed E-state index contributed by atoms with van der Waals surface area (Å²) in [4.78, 5) is 2.45. The molecule has 0 aromatic heterocycles. The van der Waals surface area contributed by atoms with Crippen LogP contribution in [0.15, 0.2) is 24.3 Å². The minimum atomic E-state index is -0.0698. The lowest BCUT2D eigenvalue weighted by atomic mass is 10.1. The van der Waals surface area contributed by atoms with Crippen LogP contribution in [0.25, 0.3) is 0 Å². The topological polar surface area (TPSA) is 32.7 Å². The van der Waals surface area contributed by atoms with Crippen LogP contribution >= 0.6 is 0 Å². The molecule has 0 spiro atoms. The lowest BCUT2D eigenvalue weighted by Crippen LogP contribution is -2.36. The summed E-state index contributed by atoms with van der Waals surface area (Å²) in [6.07, 6.45) is 4.05. The molecule has 1 aromatic rings. The lowest BCUT2D eigenvalue weighted by Gasteiger charge is -2.29. The summed E-state index contributed by atoms with van der Waals surface area (Å²) >= 11 is 0. The van der Waals surface area contributed by atoms with Crippen LogP contribution in [-0.4, -0.2) is 42.9 Å². The first-order valence-corrected chi connectivity index (χ1v) is 6.81. The van der Waals surface area contributed by atoms with E-state index in [4.69, 9.17) is 4.74 Å². The van der Waals surface area contributed by atoms with Gasteiger partial charge >= 0.3 is 0 Å². The molecule has 1 heterocycles. The van der Waals surface area contributed by atoms with Crippen LogP contribution in [0.1, 0.15) is 24.8 Å². The van der Waals surface area contributed by atoms with E-state index >= 15 is 0 Å². The molecule has 3 nitrogen and oxygen atoms in total. The van der Waals surface area contributed by atoms with Gasteiger partial charge in [-0.15, -0.1) is 0 Å². The van der Waals surface area contributed by atoms with Crippen LogP contribution in [0.4, 0.5) is 0 Å². The van der Waals surface area contributed by atoms with Crippen molar-refractivity contribution in [2.45, 2.75) is 31.8 Å². The van der Waals surface area contributed by atoms with Gasteiger partial charge in [-0.1, -0.05) is 12.1 Å². The number of hydrogen-bond donors (Lipinski definition) is 1. The van der Waals surface area contributed by atoms with Crippen molar-refractivity contribution in [2.24, 2.45) is 0 Å². The third-order valence-electron chi connectivity index (χ3n) is 3.63. The van der Waals surface area contributed by atoms with Crippen molar-refractivity contribution in [1.82, 2.24) is 4.90 Å². The molecule has 0 unspecified atom stereocenters.